The summed E-state index contributed by atoms with van der Waals surface area (Å²) in [5.41, 5.74) is 1.38. The average molecular weight is 445 g/mol. The molecule has 1 saturated heterocycles. The number of benzene rings is 1. The Balaban J connectivity index is 1.53. The van der Waals surface area contributed by atoms with Gasteiger partial charge in [0.15, 0.2) is 17.5 Å². The number of pyridine rings is 1. The van der Waals surface area contributed by atoms with Gasteiger partial charge in [-0.25, -0.2) is 9.37 Å². The Morgan fingerprint density at radius 1 is 1.06 bits per heavy atom. The van der Waals surface area contributed by atoms with Crippen LogP contribution < -0.4 is 15.0 Å². The van der Waals surface area contributed by atoms with Crippen LogP contribution in [0.2, 0.25) is 0 Å². The largest absolute Gasteiger partial charge is 0.435 e. The summed E-state index contributed by atoms with van der Waals surface area (Å²) in [4.78, 5) is 6.48. The highest BCUT2D eigenvalue weighted by atomic mass is 19.3. The SMILES string of the molecule is C[C@@H]1CN(c2ccc(F)c(Nc3cc(-c4ccc(OC(F)F)cc4)cnn3)n2)C[C@H](C)O1. The third-order valence-electron chi connectivity index (χ3n) is 4.89. The Kier molecular flexibility index (Phi) is 6.40. The number of hydrogen-bond acceptors (Lipinski definition) is 7. The molecule has 0 amide bonds. The number of morpholine rings is 1. The van der Waals surface area contributed by atoms with Crippen molar-refractivity contribution in [2.24, 2.45) is 0 Å². The molecule has 1 fully saturated rings. The van der Waals surface area contributed by atoms with Crippen molar-refractivity contribution >= 4 is 17.5 Å². The molecule has 0 saturated carbocycles. The first-order valence-electron chi connectivity index (χ1n) is 10.1. The smallest absolute Gasteiger partial charge is 0.387 e. The molecule has 1 aliphatic heterocycles. The lowest BCUT2D eigenvalue weighted by atomic mass is 10.1. The van der Waals surface area contributed by atoms with Gasteiger partial charge in [0.2, 0.25) is 0 Å². The first kappa shape index (κ1) is 21.8. The Labute approximate surface area is 183 Å². The van der Waals surface area contributed by atoms with Crippen molar-refractivity contribution in [3.05, 3.63) is 54.5 Å². The number of nitrogens with zero attached hydrogens (tertiary/aromatic N) is 4. The number of alkyl halides is 2. The predicted octanol–water partition coefficient (Wildman–Crippen LogP) is 4.64. The van der Waals surface area contributed by atoms with E-state index in [0.29, 0.717) is 35.9 Å². The number of rotatable bonds is 6. The van der Waals surface area contributed by atoms with Crippen LogP contribution in [-0.4, -0.2) is 47.1 Å². The topological polar surface area (TPSA) is 72.4 Å². The molecule has 2 aromatic heterocycles. The third-order valence-corrected chi connectivity index (χ3v) is 4.89. The molecule has 1 aromatic carbocycles. The second-order valence-electron chi connectivity index (χ2n) is 7.52. The fourth-order valence-corrected chi connectivity index (χ4v) is 3.60. The van der Waals surface area contributed by atoms with Gasteiger partial charge in [0.25, 0.3) is 0 Å². The molecule has 0 spiro atoms. The lowest BCUT2D eigenvalue weighted by molar-refractivity contribution is -0.0498. The number of anilines is 3. The van der Waals surface area contributed by atoms with Crippen molar-refractivity contribution in [2.75, 3.05) is 23.3 Å². The third kappa shape index (κ3) is 5.25. The Morgan fingerprint density at radius 2 is 1.78 bits per heavy atom. The van der Waals surface area contributed by atoms with E-state index in [1.807, 2.05) is 13.8 Å². The van der Waals surface area contributed by atoms with E-state index in [2.05, 4.69) is 30.1 Å². The van der Waals surface area contributed by atoms with Crippen molar-refractivity contribution in [2.45, 2.75) is 32.7 Å². The molecule has 32 heavy (non-hydrogen) atoms. The van der Waals surface area contributed by atoms with Crippen LogP contribution in [0.4, 0.5) is 30.6 Å². The van der Waals surface area contributed by atoms with Gasteiger partial charge in [-0.3, -0.25) is 0 Å². The molecule has 0 unspecified atom stereocenters. The highest BCUT2D eigenvalue weighted by Gasteiger charge is 2.24. The maximum Gasteiger partial charge on any atom is 0.387 e. The molecule has 2 atom stereocenters. The molecule has 10 heteroatoms. The van der Waals surface area contributed by atoms with E-state index in [-0.39, 0.29) is 23.8 Å². The number of aromatic nitrogens is 3. The minimum atomic E-state index is -2.89. The molecule has 0 radical (unpaired) electrons. The lowest BCUT2D eigenvalue weighted by Gasteiger charge is -2.36. The van der Waals surface area contributed by atoms with E-state index in [1.54, 1.807) is 24.3 Å². The summed E-state index contributed by atoms with van der Waals surface area (Å²) in [6, 6.07) is 10.8. The fraction of sp³-hybridized carbons (Fsp3) is 0.318. The molecule has 1 N–H and O–H groups in total. The second-order valence-corrected chi connectivity index (χ2v) is 7.52. The lowest BCUT2D eigenvalue weighted by Crippen LogP contribution is -2.45. The van der Waals surface area contributed by atoms with Crippen LogP contribution >= 0.6 is 0 Å². The van der Waals surface area contributed by atoms with Crippen molar-refractivity contribution in [3.8, 4) is 16.9 Å². The summed E-state index contributed by atoms with van der Waals surface area (Å²) in [5, 5.41) is 10.8. The van der Waals surface area contributed by atoms with E-state index >= 15 is 0 Å². The van der Waals surface area contributed by atoms with Gasteiger partial charge in [-0.05, 0) is 49.7 Å². The summed E-state index contributed by atoms with van der Waals surface area (Å²) >= 11 is 0. The number of hydrogen-bond donors (Lipinski definition) is 1. The maximum absolute atomic E-state index is 14.5. The van der Waals surface area contributed by atoms with Crippen LogP contribution in [0.15, 0.2) is 48.7 Å². The van der Waals surface area contributed by atoms with Gasteiger partial charge in [0.05, 0.1) is 18.4 Å². The first-order valence-corrected chi connectivity index (χ1v) is 10.1. The van der Waals surface area contributed by atoms with E-state index in [4.69, 9.17) is 4.74 Å². The Morgan fingerprint density at radius 3 is 2.47 bits per heavy atom. The van der Waals surface area contributed by atoms with E-state index in [9.17, 15) is 13.2 Å². The Bertz CT molecular complexity index is 1060. The van der Waals surface area contributed by atoms with Gasteiger partial charge in [0.1, 0.15) is 11.6 Å². The summed E-state index contributed by atoms with van der Waals surface area (Å²) in [5.74, 6) is 0.487. The van der Waals surface area contributed by atoms with E-state index in [1.165, 1.54) is 24.4 Å². The van der Waals surface area contributed by atoms with Crippen molar-refractivity contribution < 1.29 is 22.6 Å². The van der Waals surface area contributed by atoms with E-state index < -0.39 is 12.4 Å². The standard InChI is InChI=1S/C22H22F3N5O2/c1-13-11-30(12-14(2)31-13)20-8-7-18(23)21(28-20)27-19-9-16(10-26-29-19)15-3-5-17(6-4-15)32-22(24)25/h3-10,13-14,22H,11-12H2,1-2H3,(H,27,28,29)/t13-,14+. The van der Waals surface area contributed by atoms with Crippen molar-refractivity contribution in [1.82, 2.24) is 15.2 Å². The van der Waals surface area contributed by atoms with E-state index in [0.717, 1.165) is 0 Å². The summed E-state index contributed by atoms with van der Waals surface area (Å²) in [6.45, 7) is 2.39. The minimum absolute atomic E-state index is 0.0291. The van der Waals surface area contributed by atoms with Crippen LogP contribution in [0.5, 0.6) is 5.75 Å². The van der Waals surface area contributed by atoms with Gasteiger partial charge in [0, 0.05) is 18.7 Å². The molecule has 1 aliphatic rings. The van der Waals surface area contributed by atoms with Crippen molar-refractivity contribution in [1.29, 1.82) is 0 Å². The van der Waals surface area contributed by atoms with Gasteiger partial charge < -0.3 is 19.7 Å². The summed E-state index contributed by atoms with van der Waals surface area (Å²) in [6.07, 6.45) is 1.61. The number of nitrogens with one attached hydrogen (secondary N) is 1. The molecule has 7 nitrogen and oxygen atoms in total. The number of halogens is 3. The van der Waals surface area contributed by atoms with Gasteiger partial charge in [-0.1, -0.05) is 12.1 Å². The zero-order chi connectivity index (χ0) is 22.7. The summed E-state index contributed by atoms with van der Waals surface area (Å²) < 4.78 is 49.2. The van der Waals surface area contributed by atoms with Crippen molar-refractivity contribution in [3.63, 3.8) is 0 Å². The predicted molar refractivity (Wildman–Crippen MR) is 114 cm³/mol. The van der Waals surface area contributed by atoms with Gasteiger partial charge in [-0.15, -0.1) is 5.10 Å². The molecule has 168 valence electrons. The van der Waals surface area contributed by atoms with Crippen LogP contribution in [-0.2, 0) is 4.74 Å². The van der Waals surface area contributed by atoms with Crippen LogP contribution in [0, 0.1) is 5.82 Å². The molecule has 0 bridgehead atoms. The zero-order valence-electron chi connectivity index (χ0n) is 17.5. The van der Waals surface area contributed by atoms with Crippen LogP contribution in [0.3, 0.4) is 0 Å². The molecule has 3 aromatic rings. The normalized spacial score (nSPS) is 18.6. The molecule has 3 heterocycles. The first-order chi connectivity index (χ1) is 15.4. The molecular weight excluding hydrogens is 423 g/mol. The molecular formula is C22H22F3N5O2. The van der Waals surface area contributed by atoms with Crippen LogP contribution in [0.1, 0.15) is 13.8 Å². The summed E-state index contributed by atoms with van der Waals surface area (Å²) in [7, 11) is 0. The monoisotopic (exact) mass is 445 g/mol. The maximum atomic E-state index is 14.5. The fourth-order valence-electron chi connectivity index (χ4n) is 3.60. The molecule has 4 rings (SSSR count). The zero-order valence-corrected chi connectivity index (χ0v) is 17.5. The molecule has 0 aliphatic carbocycles. The quantitative estimate of drug-likeness (QED) is 0.593. The minimum Gasteiger partial charge on any atom is -0.435 e. The highest BCUT2D eigenvalue weighted by Crippen LogP contribution is 2.27. The highest BCUT2D eigenvalue weighted by molar-refractivity contribution is 5.68. The average Bonchev–Trinajstić information content (AvgIpc) is 2.75. The van der Waals surface area contributed by atoms with Gasteiger partial charge >= 0.3 is 6.61 Å². The second kappa shape index (κ2) is 9.39. The number of ether oxygens (including phenoxy) is 2. The Hall–Kier alpha value is -3.40. The van der Waals surface area contributed by atoms with Gasteiger partial charge in [-0.2, -0.15) is 13.9 Å². The van der Waals surface area contributed by atoms with Crippen LogP contribution in [0.25, 0.3) is 11.1 Å².